The van der Waals surface area contributed by atoms with E-state index in [4.69, 9.17) is 4.74 Å². The van der Waals surface area contributed by atoms with Gasteiger partial charge in [-0.1, -0.05) is 60.4 Å². The van der Waals surface area contributed by atoms with Crippen molar-refractivity contribution in [3.63, 3.8) is 0 Å². The summed E-state index contributed by atoms with van der Waals surface area (Å²) in [6, 6.07) is 15.7. The van der Waals surface area contributed by atoms with Gasteiger partial charge >= 0.3 is 0 Å². The molecule has 1 aromatic heterocycles. The van der Waals surface area contributed by atoms with E-state index in [1.54, 1.807) is 43.1 Å². The number of carbonyl (C=O) groups is 2. The standard InChI is InChI=1S/C21H22N4O3S2/c1-3-29-21-25-24-20(30-21)23-18(26)13-17(15-10-7-11-16(12-15)28-2)22-19(27)14-8-5-4-6-9-14/h4-12,17H,3,13H2,1-2H3,(H,22,27)(H,23,24,26). The first-order chi connectivity index (χ1) is 14.6. The summed E-state index contributed by atoms with van der Waals surface area (Å²) in [6.07, 6.45) is 0.0432. The van der Waals surface area contributed by atoms with Crippen molar-refractivity contribution in [2.24, 2.45) is 0 Å². The number of amides is 2. The van der Waals surface area contributed by atoms with Gasteiger partial charge in [-0.25, -0.2) is 0 Å². The molecule has 7 nitrogen and oxygen atoms in total. The number of nitrogens with one attached hydrogen (secondary N) is 2. The van der Waals surface area contributed by atoms with Gasteiger partial charge in [0.25, 0.3) is 5.91 Å². The summed E-state index contributed by atoms with van der Waals surface area (Å²) >= 11 is 2.89. The Bertz CT molecular complexity index is 995. The van der Waals surface area contributed by atoms with E-state index in [2.05, 4.69) is 20.8 Å². The predicted molar refractivity (Wildman–Crippen MR) is 119 cm³/mol. The first-order valence-electron chi connectivity index (χ1n) is 9.35. The van der Waals surface area contributed by atoms with Crippen molar-refractivity contribution in [3.05, 3.63) is 65.7 Å². The van der Waals surface area contributed by atoms with Gasteiger partial charge in [0.15, 0.2) is 4.34 Å². The van der Waals surface area contributed by atoms with E-state index >= 15 is 0 Å². The molecule has 0 spiro atoms. The number of benzene rings is 2. The molecule has 3 rings (SSSR count). The fourth-order valence-corrected chi connectivity index (χ4v) is 4.40. The number of thioether (sulfide) groups is 1. The van der Waals surface area contributed by atoms with Gasteiger partial charge in [-0.3, -0.25) is 9.59 Å². The van der Waals surface area contributed by atoms with E-state index in [1.165, 1.54) is 11.3 Å². The topological polar surface area (TPSA) is 93.2 Å². The smallest absolute Gasteiger partial charge is 0.251 e. The highest BCUT2D eigenvalue weighted by atomic mass is 32.2. The molecular formula is C21H22N4O3S2. The van der Waals surface area contributed by atoms with Crippen LogP contribution in [0.5, 0.6) is 5.75 Å². The quantitative estimate of drug-likeness (QED) is 0.382. The summed E-state index contributed by atoms with van der Waals surface area (Å²) in [5, 5.41) is 14.2. The zero-order chi connectivity index (χ0) is 21.3. The average Bonchev–Trinajstić information content (AvgIpc) is 3.20. The van der Waals surface area contributed by atoms with Crippen LogP contribution < -0.4 is 15.4 Å². The highest BCUT2D eigenvalue weighted by Crippen LogP contribution is 2.26. The Morgan fingerprint density at radius 2 is 1.93 bits per heavy atom. The first-order valence-corrected chi connectivity index (χ1v) is 11.1. The third-order valence-corrected chi connectivity index (χ3v) is 6.00. The van der Waals surface area contributed by atoms with Crippen LogP contribution in [0, 0.1) is 0 Å². The van der Waals surface area contributed by atoms with Gasteiger partial charge in [0.2, 0.25) is 11.0 Å². The SMILES string of the molecule is CCSc1nnc(NC(=O)CC(NC(=O)c2ccccc2)c2cccc(OC)c2)s1. The van der Waals surface area contributed by atoms with Crippen molar-refractivity contribution < 1.29 is 14.3 Å². The minimum atomic E-state index is -0.537. The van der Waals surface area contributed by atoms with Crippen LogP contribution >= 0.6 is 23.1 Å². The van der Waals surface area contributed by atoms with E-state index in [-0.39, 0.29) is 18.2 Å². The summed E-state index contributed by atoms with van der Waals surface area (Å²) < 4.78 is 6.09. The molecule has 2 amide bonds. The molecule has 3 aromatic rings. The fraction of sp³-hybridized carbons (Fsp3) is 0.238. The minimum absolute atomic E-state index is 0.0432. The maximum atomic E-state index is 12.7. The molecule has 0 aliphatic carbocycles. The number of methoxy groups -OCH3 is 1. The lowest BCUT2D eigenvalue weighted by Gasteiger charge is -2.19. The highest BCUT2D eigenvalue weighted by Gasteiger charge is 2.21. The van der Waals surface area contributed by atoms with Crippen molar-refractivity contribution in [1.29, 1.82) is 0 Å². The molecule has 0 saturated carbocycles. The molecule has 1 atom stereocenters. The molecule has 30 heavy (non-hydrogen) atoms. The number of carbonyl (C=O) groups excluding carboxylic acids is 2. The van der Waals surface area contributed by atoms with Crippen molar-refractivity contribution in [3.8, 4) is 5.75 Å². The first kappa shape index (κ1) is 21.8. The number of anilines is 1. The maximum absolute atomic E-state index is 12.7. The monoisotopic (exact) mass is 442 g/mol. The maximum Gasteiger partial charge on any atom is 0.251 e. The second kappa shape index (κ2) is 10.7. The molecule has 0 radical (unpaired) electrons. The predicted octanol–water partition coefficient (Wildman–Crippen LogP) is 4.16. The largest absolute Gasteiger partial charge is 0.497 e. The van der Waals surface area contributed by atoms with Gasteiger partial charge in [-0.2, -0.15) is 0 Å². The normalized spacial score (nSPS) is 11.5. The van der Waals surface area contributed by atoms with E-state index < -0.39 is 6.04 Å². The van der Waals surface area contributed by atoms with Crippen molar-refractivity contribution in [2.45, 2.75) is 23.7 Å². The van der Waals surface area contributed by atoms with Gasteiger partial charge in [0.1, 0.15) is 5.75 Å². The minimum Gasteiger partial charge on any atom is -0.497 e. The lowest BCUT2D eigenvalue weighted by Crippen LogP contribution is -2.31. The molecule has 0 bridgehead atoms. The van der Waals surface area contributed by atoms with Crippen LogP contribution in [0.2, 0.25) is 0 Å². The molecule has 0 saturated heterocycles. The molecule has 0 aliphatic heterocycles. The van der Waals surface area contributed by atoms with Crippen LogP contribution in [-0.4, -0.2) is 34.9 Å². The molecule has 0 aliphatic rings. The van der Waals surface area contributed by atoms with Gasteiger partial charge in [-0.15, -0.1) is 10.2 Å². The number of hydrogen-bond acceptors (Lipinski definition) is 7. The third kappa shape index (κ3) is 6.04. The van der Waals surface area contributed by atoms with Crippen LogP contribution in [0.4, 0.5) is 5.13 Å². The molecule has 2 aromatic carbocycles. The van der Waals surface area contributed by atoms with Crippen molar-refractivity contribution >= 4 is 40.0 Å². The Kier molecular flexibility index (Phi) is 7.81. The second-order valence-electron chi connectivity index (χ2n) is 6.23. The summed E-state index contributed by atoms with van der Waals surface area (Å²) in [5.74, 6) is 1.01. The summed E-state index contributed by atoms with van der Waals surface area (Å²) in [5.41, 5.74) is 1.30. The second-order valence-corrected chi connectivity index (χ2v) is 8.72. The zero-order valence-corrected chi connectivity index (χ0v) is 18.3. The third-order valence-electron chi connectivity index (χ3n) is 4.15. The number of aromatic nitrogens is 2. The Labute approximate surface area is 183 Å². The Balaban J connectivity index is 1.75. The molecular weight excluding hydrogens is 420 g/mol. The molecule has 1 unspecified atom stereocenters. The van der Waals surface area contributed by atoms with Gasteiger partial charge in [-0.05, 0) is 35.6 Å². The Morgan fingerprint density at radius 1 is 1.13 bits per heavy atom. The summed E-state index contributed by atoms with van der Waals surface area (Å²) in [6.45, 7) is 2.03. The van der Waals surface area contributed by atoms with E-state index in [9.17, 15) is 9.59 Å². The number of hydrogen-bond donors (Lipinski definition) is 2. The van der Waals surface area contributed by atoms with Gasteiger partial charge < -0.3 is 15.4 Å². The number of nitrogens with zero attached hydrogens (tertiary/aromatic N) is 2. The molecule has 2 N–H and O–H groups in total. The van der Waals surface area contributed by atoms with Gasteiger partial charge in [0.05, 0.1) is 19.6 Å². The molecule has 0 fully saturated rings. The lowest BCUT2D eigenvalue weighted by atomic mass is 10.0. The van der Waals surface area contributed by atoms with E-state index in [1.807, 2.05) is 37.3 Å². The van der Waals surface area contributed by atoms with Gasteiger partial charge in [0, 0.05) is 5.56 Å². The van der Waals surface area contributed by atoms with Crippen LogP contribution in [0.15, 0.2) is 58.9 Å². The number of ether oxygens (including phenoxy) is 1. The van der Waals surface area contributed by atoms with Crippen LogP contribution in [0.1, 0.15) is 35.3 Å². The Morgan fingerprint density at radius 3 is 2.67 bits per heavy atom. The Hall–Kier alpha value is -2.91. The highest BCUT2D eigenvalue weighted by molar-refractivity contribution is 8.01. The average molecular weight is 443 g/mol. The summed E-state index contributed by atoms with van der Waals surface area (Å²) in [7, 11) is 1.57. The van der Waals surface area contributed by atoms with E-state index in [0.717, 1.165) is 15.7 Å². The molecule has 9 heteroatoms. The zero-order valence-electron chi connectivity index (χ0n) is 16.6. The fourth-order valence-electron chi connectivity index (χ4n) is 2.74. The number of rotatable bonds is 9. The lowest BCUT2D eigenvalue weighted by molar-refractivity contribution is -0.116. The van der Waals surface area contributed by atoms with Crippen LogP contribution in [0.3, 0.4) is 0 Å². The summed E-state index contributed by atoms with van der Waals surface area (Å²) in [4.78, 5) is 25.4. The van der Waals surface area contributed by atoms with Crippen LogP contribution in [-0.2, 0) is 4.79 Å². The molecule has 156 valence electrons. The van der Waals surface area contributed by atoms with E-state index in [0.29, 0.717) is 16.4 Å². The van der Waals surface area contributed by atoms with Crippen LogP contribution in [0.25, 0.3) is 0 Å². The van der Waals surface area contributed by atoms with Crippen molar-refractivity contribution in [2.75, 3.05) is 18.2 Å². The van der Waals surface area contributed by atoms with Crippen molar-refractivity contribution in [1.82, 2.24) is 15.5 Å². The molecule has 1 heterocycles.